The van der Waals surface area contributed by atoms with Gasteiger partial charge in [0.25, 0.3) is 0 Å². The number of nitrogens with zero attached hydrogens (tertiary/aromatic N) is 1. The van der Waals surface area contributed by atoms with Crippen LogP contribution in [0, 0.1) is 18.6 Å². The van der Waals surface area contributed by atoms with E-state index in [1.54, 1.807) is 13.8 Å². The van der Waals surface area contributed by atoms with Crippen LogP contribution >= 0.6 is 0 Å². The Morgan fingerprint density at radius 3 is 2.45 bits per heavy atom. The second kappa shape index (κ2) is 5.03. The Morgan fingerprint density at radius 2 is 1.95 bits per heavy atom. The summed E-state index contributed by atoms with van der Waals surface area (Å²) in [7, 11) is 0. The fraction of sp³-hybridized carbons (Fsp3) is 0.286. The summed E-state index contributed by atoms with van der Waals surface area (Å²) in [5.41, 5.74) is 0.398. The molecule has 1 N–H and O–H groups in total. The predicted molar refractivity (Wildman–Crippen MR) is 67.6 cm³/mol. The van der Waals surface area contributed by atoms with Crippen molar-refractivity contribution in [2.45, 2.75) is 26.7 Å². The van der Waals surface area contributed by atoms with E-state index in [0.717, 1.165) is 6.07 Å². The lowest BCUT2D eigenvalue weighted by Gasteiger charge is -2.01. The van der Waals surface area contributed by atoms with Gasteiger partial charge in [-0.25, -0.2) is 18.6 Å². The Kier molecular flexibility index (Phi) is 3.57. The van der Waals surface area contributed by atoms with E-state index >= 15 is 0 Å². The maximum atomic E-state index is 13.8. The van der Waals surface area contributed by atoms with Crippen molar-refractivity contribution < 1.29 is 23.1 Å². The first-order valence-electron chi connectivity index (χ1n) is 6.01. The standard InChI is InChI=1S/C14H13F2NO3/c1-6(2)11-12(14(18)19)20-13(17-11)8-4-7(3)9(15)5-10(8)16/h4-6H,1-3H3,(H,18,19). The predicted octanol–water partition coefficient (Wildman–Crippen LogP) is 3.75. The average molecular weight is 281 g/mol. The Hall–Kier alpha value is -2.24. The minimum Gasteiger partial charge on any atom is -0.475 e. The van der Waals surface area contributed by atoms with Crippen LogP contribution < -0.4 is 0 Å². The lowest BCUT2D eigenvalue weighted by atomic mass is 10.1. The minimum atomic E-state index is -1.27. The van der Waals surface area contributed by atoms with Crippen LogP contribution in [0.15, 0.2) is 16.5 Å². The first-order chi connectivity index (χ1) is 9.31. The number of carbonyl (C=O) groups is 1. The van der Waals surface area contributed by atoms with Gasteiger partial charge in [0.1, 0.15) is 11.6 Å². The van der Waals surface area contributed by atoms with Gasteiger partial charge in [0.15, 0.2) is 0 Å². The van der Waals surface area contributed by atoms with E-state index in [9.17, 15) is 13.6 Å². The third kappa shape index (κ3) is 2.41. The van der Waals surface area contributed by atoms with E-state index in [4.69, 9.17) is 9.52 Å². The van der Waals surface area contributed by atoms with Gasteiger partial charge in [-0.1, -0.05) is 13.8 Å². The van der Waals surface area contributed by atoms with Gasteiger partial charge in [-0.05, 0) is 24.5 Å². The van der Waals surface area contributed by atoms with Gasteiger partial charge in [-0.2, -0.15) is 0 Å². The molecule has 0 unspecified atom stereocenters. The number of hydrogen-bond donors (Lipinski definition) is 1. The normalized spacial score (nSPS) is 11.1. The SMILES string of the molecule is Cc1cc(-c2nc(C(C)C)c(C(=O)O)o2)c(F)cc1F. The summed E-state index contributed by atoms with van der Waals surface area (Å²) < 4.78 is 32.1. The van der Waals surface area contributed by atoms with Gasteiger partial charge < -0.3 is 9.52 Å². The topological polar surface area (TPSA) is 63.3 Å². The number of halogens is 2. The van der Waals surface area contributed by atoms with Crippen molar-refractivity contribution in [3.05, 3.63) is 40.8 Å². The van der Waals surface area contributed by atoms with Gasteiger partial charge >= 0.3 is 5.97 Å². The number of aryl methyl sites for hydroxylation is 1. The zero-order chi connectivity index (χ0) is 15.0. The molecule has 0 aliphatic carbocycles. The minimum absolute atomic E-state index is 0.0571. The van der Waals surface area contributed by atoms with E-state index in [0.29, 0.717) is 0 Å². The molecule has 0 spiro atoms. The molecule has 0 bridgehead atoms. The molecule has 1 aromatic heterocycles. The number of rotatable bonds is 3. The molecule has 1 heterocycles. The monoisotopic (exact) mass is 281 g/mol. The highest BCUT2D eigenvalue weighted by atomic mass is 19.1. The van der Waals surface area contributed by atoms with E-state index in [1.807, 2.05) is 0 Å². The van der Waals surface area contributed by atoms with Crippen LogP contribution in [0.1, 0.15) is 41.6 Å². The summed E-state index contributed by atoms with van der Waals surface area (Å²) in [4.78, 5) is 15.1. The molecular formula is C14H13F2NO3. The zero-order valence-corrected chi connectivity index (χ0v) is 11.2. The maximum absolute atomic E-state index is 13.8. The van der Waals surface area contributed by atoms with E-state index < -0.39 is 17.6 Å². The van der Waals surface area contributed by atoms with Gasteiger partial charge in [-0.15, -0.1) is 0 Å². The molecule has 0 amide bonds. The van der Waals surface area contributed by atoms with Crippen LogP contribution in [0.2, 0.25) is 0 Å². The van der Waals surface area contributed by atoms with Crippen LogP contribution in [0.5, 0.6) is 0 Å². The number of carboxylic acids is 1. The summed E-state index contributed by atoms with van der Waals surface area (Å²) in [6.07, 6.45) is 0. The van der Waals surface area contributed by atoms with Crippen molar-refractivity contribution in [1.82, 2.24) is 4.98 Å². The Balaban J connectivity index is 2.62. The Morgan fingerprint density at radius 1 is 1.30 bits per heavy atom. The molecule has 2 aromatic rings. The quantitative estimate of drug-likeness (QED) is 0.930. The third-order valence-corrected chi connectivity index (χ3v) is 2.87. The average Bonchev–Trinajstić information content (AvgIpc) is 2.78. The van der Waals surface area contributed by atoms with Crippen molar-refractivity contribution in [3.63, 3.8) is 0 Å². The van der Waals surface area contributed by atoms with Crippen molar-refractivity contribution in [3.8, 4) is 11.5 Å². The molecule has 0 aliphatic rings. The number of hydrogen-bond acceptors (Lipinski definition) is 3. The lowest BCUT2D eigenvalue weighted by molar-refractivity contribution is 0.0661. The molecule has 106 valence electrons. The molecule has 2 rings (SSSR count). The molecular weight excluding hydrogens is 268 g/mol. The number of oxazole rings is 1. The summed E-state index contributed by atoms with van der Waals surface area (Å²) in [6, 6.07) is 1.97. The number of aromatic carboxylic acids is 1. The number of benzene rings is 1. The van der Waals surface area contributed by atoms with E-state index in [2.05, 4.69) is 4.98 Å². The van der Waals surface area contributed by atoms with Crippen LogP contribution in [0.25, 0.3) is 11.5 Å². The molecule has 4 nitrogen and oxygen atoms in total. The molecule has 1 aromatic carbocycles. The molecule has 0 saturated carbocycles. The third-order valence-electron chi connectivity index (χ3n) is 2.87. The second-order valence-corrected chi connectivity index (χ2v) is 4.77. The fourth-order valence-electron chi connectivity index (χ4n) is 1.81. The largest absolute Gasteiger partial charge is 0.475 e. The van der Waals surface area contributed by atoms with Gasteiger partial charge in [0.2, 0.25) is 11.7 Å². The molecule has 0 atom stereocenters. The van der Waals surface area contributed by atoms with E-state index in [-0.39, 0.29) is 34.4 Å². The van der Waals surface area contributed by atoms with Crippen LogP contribution in [0.4, 0.5) is 8.78 Å². The molecule has 0 radical (unpaired) electrons. The smallest absolute Gasteiger partial charge is 0.373 e. The van der Waals surface area contributed by atoms with E-state index in [1.165, 1.54) is 13.0 Å². The van der Waals surface area contributed by atoms with Crippen LogP contribution in [-0.4, -0.2) is 16.1 Å². The second-order valence-electron chi connectivity index (χ2n) is 4.77. The maximum Gasteiger partial charge on any atom is 0.373 e. The summed E-state index contributed by atoms with van der Waals surface area (Å²) in [5.74, 6) is -3.47. The van der Waals surface area contributed by atoms with Crippen molar-refractivity contribution >= 4 is 5.97 Å². The summed E-state index contributed by atoms with van der Waals surface area (Å²) >= 11 is 0. The van der Waals surface area contributed by atoms with Crippen molar-refractivity contribution in [2.75, 3.05) is 0 Å². The van der Waals surface area contributed by atoms with Gasteiger partial charge in [-0.3, -0.25) is 0 Å². The molecule has 0 saturated heterocycles. The van der Waals surface area contributed by atoms with Gasteiger partial charge in [0.05, 0.1) is 11.3 Å². The fourth-order valence-corrected chi connectivity index (χ4v) is 1.81. The number of carboxylic acid groups (broad SMARTS) is 1. The molecule has 20 heavy (non-hydrogen) atoms. The highest BCUT2D eigenvalue weighted by Gasteiger charge is 2.24. The highest BCUT2D eigenvalue weighted by molar-refractivity contribution is 5.86. The van der Waals surface area contributed by atoms with Crippen LogP contribution in [-0.2, 0) is 0 Å². The first-order valence-corrected chi connectivity index (χ1v) is 6.01. The lowest BCUT2D eigenvalue weighted by Crippen LogP contribution is -2.01. The molecule has 0 fully saturated rings. The molecule has 0 aliphatic heterocycles. The zero-order valence-electron chi connectivity index (χ0n) is 11.2. The van der Waals surface area contributed by atoms with Gasteiger partial charge in [0, 0.05) is 6.07 Å². The molecule has 6 heteroatoms. The Bertz CT molecular complexity index is 677. The first kappa shape index (κ1) is 14.2. The Labute approximate surface area is 114 Å². The summed E-state index contributed by atoms with van der Waals surface area (Å²) in [5, 5.41) is 9.06. The summed E-state index contributed by atoms with van der Waals surface area (Å²) in [6.45, 7) is 4.98. The van der Waals surface area contributed by atoms with Crippen molar-refractivity contribution in [1.29, 1.82) is 0 Å². The van der Waals surface area contributed by atoms with Crippen molar-refractivity contribution in [2.24, 2.45) is 0 Å². The number of aromatic nitrogens is 1. The van der Waals surface area contributed by atoms with Crippen LogP contribution in [0.3, 0.4) is 0 Å². The highest BCUT2D eigenvalue weighted by Crippen LogP contribution is 2.29.